The van der Waals surface area contributed by atoms with Gasteiger partial charge in [-0.2, -0.15) is 0 Å². The van der Waals surface area contributed by atoms with E-state index in [0.717, 1.165) is 57.0 Å². The fourth-order valence-corrected chi connectivity index (χ4v) is 2.92. The second-order valence-electron chi connectivity index (χ2n) is 6.19. The van der Waals surface area contributed by atoms with Crippen LogP contribution in [0.4, 0.5) is 4.39 Å². The van der Waals surface area contributed by atoms with Gasteiger partial charge in [0.2, 0.25) is 0 Å². The fraction of sp³-hybridized carbons (Fsp3) is 0.611. The summed E-state index contributed by atoms with van der Waals surface area (Å²) >= 11 is 0. The third kappa shape index (κ3) is 5.82. The number of rotatable bonds is 6. The van der Waals surface area contributed by atoms with Crippen molar-refractivity contribution in [3.05, 3.63) is 35.6 Å². The van der Waals surface area contributed by atoms with Crippen molar-refractivity contribution in [1.82, 2.24) is 15.5 Å². The van der Waals surface area contributed by atoms with Crippen LogP contribution >= 0.6 is 0 Å². The van der Waals surface area contributed by atoms with E-state index in [9.17, 15) is 4.39 Å². The van der Waals surface area contributed by atoms with Crippen LogP contribution in [0.3, 0.4) is 0 Å². The van der Waals surface area contributed by atoms with Crippen molar-refractivity contribution in [2.24, 2.45) is 10.9 Å². The molecule has 23 heavy (non-hydrogen) atoms. The van der Waals surface area contributed by atoms with E-state index in [1.165, 1.54) is 0 Å². The second-order valence-corrected chi connectivity index (χ2v) is 6.19. The van der Waals surface area contributed by atoms with Gasteiger partial charge in [-0.3, -0.25) is 9.89 Å². The molecule has 1 aliphatic rings. The van der Waals surface area contributed by atoms with Gasteiger partial charge in [-0.15, -0.1) is 0 Å². The van der Waals surface area contributed by atoms with Gasteiger partial charge in [0.05, 0.1) is 0 Å². The summed E-state index contributed by atoms with van der Waals surface area (Å²) in [5.41, 5.74) is 0.799. The average Bonchev–Trinajstić information content (AvgIpc) is 2.58. The Labute approximate surface area is 139 Å². The van der Waals surface area contributed by atoms with Gasteiger partial charge < -0.3 is 10.6 Å². The van der Waals surface area contributed by atoms with Crippen LogP contribution in [0.15, 0.2) is 29.3 Å². The zero-order valence-electron chi connectivity index (χ0n) is 14.3. The molecular formula is C18H29FN4. The lowest BCUT2D eigenvalue weighted by Gasteiger charge is -2.32. The van der Waals surface area contributed by atoms with Crippen LogP contribution in [0.5, 0.6) is 0 Å². The smallest absolute Gasteiger partial charge is 0.190 e. The molecule has 0 saturated carbocycles. The number of benzene rings is 1. The highest BCUT2D eigenvalue weighted by molar-refractivity contribution is 5.79. The van der Waals surface area contributed by atoms with Crippen molar-refractivity contribution < 1.29 is 4.39 Å². The maximum Gasteiger partial charge on any atom is 0.190 e. The molecule has 0 aliphatic carbocycles. The van der Waals surface area contributed by atoms with Gasteiger partial charge in [-0.1, -0.05) is 25.1 Å². The highest BCUT2D eigenvalue weighted by atomic mass is 19.1. The molecule has 0 bridgehead atoms. The Morgan fingerprint density at radius 3 is 2.65 bits per heavy atom. The highest BCUT2D eigenvalue weighted by Gasteiger charge is 2.20. The number of hydrogen-bond donors (Lipinski definition) is 2. The van der Waals surface area contributed by atoms with Crippen LogP contribution in [0, 0.1) is 11.7 Å². The van der Waals surface area contributed by atoms with Gasteiger partial charge in [0.1, 0.15) is 5.82 Å². The Morgan fingerprint density at radius 1 is 1.26 bits per heavy atom. The third-order valence-corrected chi connectivity index (χ3v) is 4.38. The van der Waals surface area contributed by atoms with E-state index in [0.29, 0.717) is 12.5 Å². The first kappa shape index (κ1) is 17.7. The summed E-state index contributed by atoms with van der Waals surface area (Å²) in [4.78, 5) is 6.58. The minimum absolute atomic E-state index is 0.0953. The quantitative estimate of drug-likeness (QED) is 0.625. The number of guanidine groups is 1. The lowest BCUT2D eigenvalue weighted by Crippen LogP contribution is -2.42. The zero-order valence-corrected chi connectivity index (χ0v) is 14.3. The van der Waals surface area contributed by atoms with Gasteiger partial charge in [-0.25, -0.2) is 4.39 Å². The molecule has 128 valence electrons. The van der Waals surface area contributed by atoms with Crippen LogP contribution in [0.2, 0.25) is 0 Å². The lowest BCUT2D eigenvalue weighted by atomic mass is 9.96. The molecule has 1 aromatic carbocycles. The van der Waals surface area contributed by atoms with E-state index >= 15 is 0 Å². The Kier molecular flexibility index (Phi) is 7.33. The minimum Gasteiger partial charge on any atom is -0.356 e. The molecule has 0 aromatic heterocycles. The fourth-order valence-electron chi connectivity index (χ4n) is 2.92. The number of likely N-dealkylation sites (tertiary alicyclic amines) is 1. The first-order valence-corrected chi connectivity index (χ1v) is 8.63. The second kappa shape index (κ2) is 9.50. The molecule has 2 rings (SSSR count). The number of piperidine rings is 1. The highest BCUT2D eigenvalue weighted by Crippen LogP contribution is 2.19. The van der Waals surface area contributed by atoms with Crippen molar-refractivity contribution in [3.8, 4) is 0 Å². The Balaban J connectivity index is 1.70. The first-order chi connectivity index (χ1) is 11.2. The monoisotopic (exact) mass is 320 g/mol. The van der Waals surface area contributed by atoms with Crippen LogP contribution in [0.25, 0.3) is 0 Å². The molecule has 1 heterocycles. The predicted molar refractivity (Wildman–Crippen MR) is 94.1 cm³/mol. The van der Waals surface area contributed by atoms with Crippen LogP contribution in [0.1, 0.15) is 31.7 Å². The summed E-state index contributed by atoms with van der Waals surface area (Å²) in [7, 11) is 1.81. The molecule has 1 aliphatic heterocycles. The molecule has 0 radical (unpaired) electrons. The number of aliphatic imine (C=N–C) groups is 1. The summed E-state index contributed by atoms with van der Waals surface area (Å²) in [6.45, 7) is 6.82. The van der Waals surface area contributed by atoms with Crippen molar-refractivity contribution in [2.45, 2.75) is 32.7 Å². The van der Waals surface area contributed by atoms with E-state index in [2.05, 4.69) is 27.4 Å². The molecule has 1 saturated heterocycles. The maximum absolute atomic E-state index is 13.7. The largest absolute Gasteiger partial charge is 0.356 e. The molecule has 0 amide bonds. The summed E-state index contributed by atoms with van der Waals surface area (Å²) in [6.07, 6.45) is 3.38. The third-order valence-electron chi connectivity index (χ3n) is 4.38. The summed E-state index contributed by atoms with van der Waals surface area (Å²) in [5.74, 6) is 1.45. The number of halogens is 1. The van der Waals surface area contributed by atoms with E-state index in [4.69, 9.17) is 0 Å². The summed E-state index contributed by atoms with van der Waals surface area (Å²) in [6, 6.07) is 7.08. The van der Waals surface area contributed by atoms with Crippen molar-refractivity contribution in [1.29, 1.82) is 0 Å². The maximum atomic E-state index is 13.7. The topological polar surface area (TPSA) is 39.7 Å². The van der Waals surface area contributed by atoms with Crippen molar-refractivity contribution >= 4 is 5.96 Å². The van der Waals surface area contributed by atoms with Crippen LogP contribution < -0.4 is 10.6 Å². The first-order valence-electron chi connectivity index (χ1n) is 8.63. The minimum atomic E-state index is -0.0953. The van der Waals surface area contributed by atoms with E-state index in [1.807, 2.05) is 19.2 Å². The molecule has 1 fully saturated rings. The molecule has 0 spiro atoms. The zero-order chi connectivity index (χ0) is 16.5. The van der Waals surface area contributed by atoms with Crippen LogP contribution in [-0.2, 0) is 6.54 Å². The summed E-state index contributed by atoms with van der Waals surface area (Å²) < 4.78 is 13.7. The van der Waals surface area contributed by atoms with E-state index in [1.54, 1.807) is 12.1 Å². The van der Waals surface area contributed by atoms with Crippen molar-refractivity contribution in [3.63, 3.8) is 0 Å². The van der Waals surface area contributed by atoms with Gasteiger partial charge in [0.25, 0.3) is 0 Å². The van der Waals surface area contributed by atoms with E-state index < -0.39 is 0 Å². The van der Waals surface area contributed by atoms with Gasteiger partial charge in [-0.05, 0) is 44.3 Å². The standard InChI is InChI=1S/C18H29FN4/c1-3-10-21-18(20-2)22-13-15-8-11-23(12-9-15)14-16-6-4-5-7-17(16)19/h4-7,15H,3,8-14H2,1-2H3,(H2,20,21,22). The Hall–Kier alpha value is -1.62. The average molecular weight is 320 g/mol. The Morgan fingerprint density at radius 2 is 2.00 bits per heavy atom. The molecule has 5 heteroatoms. The molecule has 0 unspecified atom stereocenters. The Bertz CT molecular complexity index is 496. The van der Waals surface area contributed by atoms with E-state index in [-0.39, 0.29) is 5.82 Å². The predicted octanol–water partition coefficient (Wildman–Crippen LogP) is 2.61. The van der Waals surface area contributed by atoms with Gasteiger partial charge in [0, 0.05) is 32.2 Å². The molecular weight excluding hydrogens is 291 g/mol. The molecule has 4 nitrogen and oxygen atoms in total. The normalized spacial score (nSPS) is 17.3. The number of hydrogen-bond acceptors (Lipinski definition) is 2. The molecule has 0 atom stereocenters. The lowest BCUT2D eigenvalue weighted by molar-refractivity contribution is 0.176. The van der Waals surface area contributed by atoms with Crippen LogP contribution in [-0.4, -0.2) is 44.1 Å². The SMILES string of the molecule is CCCNC(=NC)NCC1CCN(Cc2ccccc2F)CC1. The van der Waals surface area contributed by atoms with Gasteiger partial charge in [0.15, 0.2) is 5.96 Å². The van der Waals surface area contributed by atoms with Gasteiger partial charge >= 0.3 is 0 Å². The molecule has 1 aromatic rings. The number of nitrogens with zero attached hydrogens (tertiary/aromatic N) is 2. The summed E-state index contributed by atoms with van der Waals surface area (Å²) in [5, 5.41) is 6.70. The molecule has 2 N–H and O–H groups in total. The van der Waals surface area contributed by atoms with Crippen molar-refractivity contribution in [2.75, 3.05) is 33.2 Å². The number of nitrogens with one attached hydrogen (secondary N) is 2.